The van der Waals surface area contributed by atoms with Crippen LogP contribution in [0.3, 0.4) is 0 Å². The van der Waals surface area contributed by atoms with Crippen LogP contribution in [0.1, 0.15) is 30.9 Å². The molecule has 0 amide bonds. The summed E-state index contributed by atoms with van der Waals surface area (Å²) in [5, 5.41) is 0. The first-order chi connectivity index (χ1) is 6.75. The van der Waals surface area contributed by atoms with Gasteiger partial charge in [-0.2, -0.15) is 13.2 Å². The highest BCUT2D eigenvalue weighted by Crippen LogP contribution is 2.37. The molecule has 1 aromatic carbocycles. The predicted octanol–water partition coefficient (Wildman–Crippen LogP) is 4.11. The standard InChI is InChI=1S/C10H9F5/c1-5(2)6-3-4-7(11)9(12)8(6)10(13,14)15/h3-5H,1-2H3. The third-order valence-corrected chi connectivity index (χ3v) is 2.03. The maximum Gasteiger partial charge on any atom is 0.419 e. The zero-order valence-corrected chi connectivity index (χ0v) is 8.12. The molecule has 0 radical (unpaired) electrons. The van der Waals surface area contributed by atoms with E-state index in [0.717, 1.165) is 6.07 Å². The lowest BCUT2D eigenvalue weighted by molar-refractivity contribution is -0.141. The average Bonchev–Trinajstić information content (AvgIpc) is 2.06. The molecule has 0 saturated carbocycles. The number of hydrogen-bond acceptors (Lipinski definition) is 0. The molecule has 0 aliphatic rings. The number of alkyl halides is 3. The molecule has 0 aliphatic heterocycles. The topological polar surface area (TPSA) is 0 Å². The minimum absolute atomic E-state index is 0.235. The molecule has 0 saturated heterocycles. The van der Waals surface area contributed by atoms with Gasteiger partial charge in [0.05, 0.1) is 5.56 Å². The van der Waals surface area contributed by atoms with Gasteiger partial charge >= 0.3 is 6.18 Å². The number of halogens is 5. The van der Waals surface area contributed by atoms with E-state index in [9.17, 15) is 22.0 Å². The molecule has 0 atom stereocenters. The van der Waals surface area contributed by atoms with Gasteiger partial charge in [-0.3, -0.25) is 0 Å². The number of rotatable bonds is 1. The third kappa shape index (κ3) is 2.27. The summed E-state index contributed by atoms with van der Waals surface area (Å²) in [5.74, 6) is -3.82. The average molecular weight is 224 g/mol. The minimum Gasteiger partial charge on any atom is -0.204 e. The van der Waals surface area contributed by atoms with Gasteiger partial charge in [0.15, 0.2) is 11.6 Å². The van der Waals surface area contributed by atoms with E-state index >= 15 is 0 Å². The van der Waals surface area contributed by atoms with Crippen LogP contribution in [0.4, 0.5) is 22.0 Å². The van der Waals surface area contributed by atoms with Crippen molar-refractivity contribution < 1.29 is 22.0 Å². The van der Waals surface area contributed by atoms with Gasteiger partial charge in [0.1, 0.15) is 0 Å². The lowest BCUT2D eigenvalue weighted by Gasteiger charge is -2.16. The van der Waals surface area contributed by atoms with E-state index in [2.05, 4.69) is 0 Å². The molecule has 0 N–H and O–H groups in total. The van der Waals surface area contributed by atoms with E-state index in [1.807, 2.05) is 0 Å². The van der Waals surface area contributed by atoms with Crippen LogP contribution in [0.5, 0.6) is 0 Å². The van der Waals surface area contributed by atoms with Gasteiger partial charge < -0.3 is 0 Å². The summed E-state index contributed by atoms with van der Waals surface area (Å²) in [6, 6.07) is 1.67. The molecule has 0 aliphatic carbocycles. The summed E-state index contributed by atoms with van der Waals surface area (Å²) in [7, 11) is 0. The Balaban J connectivity index is 3.49. The van der Waals surface area contributed by atoms with E-state index in [4.69, 9.17) is 0 Å². The van der Waals surface area contributed by atoms with E-state index < -0.39 is 29.3 Å². The Bertz CT molecular complexity index is 365. The molecular weight excluding hydrogens is 215 g/mol. The summed E-state index contributed by atoms with van der Waals surface area (Å²) in [4.78, 5) is 0. The van der Waals surface area contributed by atoms with Crippen molar-refractivity contribution in [3.05, 3.63) is 34.9 Å². The number of benzene rings is 1. The predicted molar refractivity (Wildman–Crippen MR) is 45.4 cm³/mol. The van der Waals surface area contributed by atoms with Crippen LogP contribution in [-0.4, -0.2) is 0 Å². The van der Waals surface area contributed by atoms with Crippen molar-refractivity contribution in [1.29, 1.82) is 0 Å². The maximum atomic E-state index is 13.0. The van der Waals surface area contributed by atoms with Gasteiger partial charge in [-0.05, 0) is 17.5 Å². The molecule has 1 rings (SSSR count). The van der Waals surface area contributed by atoms with Crippen molar-refractivity contribution in [1.82, 2.24) is 0 Å². The molecule has 0 spiro atoms. The zero-order chi connectivity index (χ0) is 11.8. The first kappa shape index (κ1) is 11.9. The zero-order valence-electron chi connectivity index (χ0n) is 8.12. The summed E-state index contributed by atoms with van der Waals surface area (Å²) in [6.07, 6.45) is -4.87. The Labute approximate surface area is 83.7 Å². The van der Waals surface area contributed by atoms with Crippen LogP contribution in [0.2, 0.25) is 0 Å². The fourth-order valence-corrected chi connectivity index (χ4v) is 1.33. The van der Waals surface area contributed by atoms with E-state index in [0.29, 0.717) is 6.07 Å². The SMILES string of the molecule is CC(C)c1ccc(F)c(F)c1C(F)(F)F. The first-order valence-electron chi connectivity index (χ1n) is 4.30. The van der Waals surface area contributed by atoms with Crippen LogP contribution in [0, 0.1) is 11.6 Å². The van der Waals surface area contributed by atoms with Crippen molar-refractivity contribution >= 4 is 0 Å². The van der Waals surface area contributed by atoms with Crippen molar-refractivity contribution in [2.24, 2.45) is 0 Å². The Kier molecular flexibility index (Phi) is 3.02. The molecule has 84 valence electrons. The lowest BCUT2D eigenvalue weighted by Crippen LogP contribution is -2.14. The van der Waals surface area contributed by atoms with E-state index in [-0.39, 0.29) is 5.56 Å². The van der Waals surface area contributed by atoms with Gasteiger partial charge in [0.2, 0.25) is 0 Å². The smallest absolute Gasteiger partial charge is 0.204 e. The molecule has 0 nitrogen and oxygen atoms in total. The van der Waals surface area contributed by atoms with Gasteiger partial charge in [-0.25, -0.2) is 8.78 Å². The summed E-state index contributed by atoms with van der Waals surface area (Å²) < 4.78 is 63.0. The fourth-order valence-electron chi connectivity index (χ4n) is 1.33. The van der Waals surface area contributed by atoms with Crippen LogP contribution in [0.15, 0.2) is 12.1 Å². The highest BCUT2D eigenvalue weighted by Gasteiger charge is 2.38. The van der Waals surface area contributed by atoms with Gasteiger partial charge in [0, 0.05) is 0 Å². The largest absolute Gasteiger partial charge is 0.419 e. The van der Waals surface area contributed by atoms with Crippen LogP contribution in [-0.2, 0) is 6.18 Å². The fraction of sp³-hybridized carbons (Fsp3) is 0.400. The maximum absolute atomic E-state index is 13.0. The van der Waals surface area contributed by atoms with E-state index in [1.54, 1.807) is 0 Å². The lowest BCUT2D eigenvalue weighted by atomic mass is 9.96. The highest BCUT2D eigenvalue weighted by molar-refractivity contribution is 5.34. The summed E-state index contributed by atoms with van der Waals surface area (Å²) in [6.45, 7) is 2.98. The molecule has 0 aromatic heterocycles. The second kappa shape index (κ2) is 3.79. The summed E-state index contributed by atoms with van der Waals surface area (Å²) in [5.41, 5.74) is -1.74. The summed E-state index contributed by atoms with van der Waals surface area (Å²) >= 11 is 0. The highest BCUT2D eigenvalue weighted by atomic mass is 19.4. The molecular formula is C10H9F5. The van der Waals surface area contributed by atoms with E-state index in [1.165, 1.54) is 13.8 Å². The van der Waals surface area contributed by atoms with Gasteiger partial charge in [-0.15, -0.1) is 0 Å². The van der Waals surface area contributed by atoms with Gasteiger partial charge in [0.25, 0.3) is 0 Å². The molecule has 0 fully saturated rings. The molecule has 0 bridgehead atoms. The second-order valence-corrected chi connectivity index (χ2v) is 3.48. The third-order valence-electron chi connectivity index (χ3n) is 2.03. The monoisotopic (exact) mass is 224 g/mol. The van der Waals surface area contributed by atoms with Gasteiger partial charge in [-0.1, -0.05) is 19.9 Å². The molecule has 1 aromatic rings. The molecule has 15 heavy (non-hydrogen) atoms. The first-order valence-corrected chi connectivity index (χ1v) is 4.30. The Morgan fingerprint density at radius 3 is 2.00 bits per heavy atom. The molecule has 5 heteroatoms. The molecule has 0 heterocycles. The van der Waals surface area contributed by atoms with Crippen molar-refractivity contribution in [3.63, 3.8) is 0 Å². The van der Waals surface area contributed by atoms with Crippen molar-refractivity contribution in [3.8, 4) is 0 Å². The Hall–Kier alpha value is -1.13. The van der Waals surface area contributed by atoms with Crippen LogP contribution in [0.25, 0.3) is 0 Å². The Morgan fingerprint density at radius 2 is 1.60 bits per heavy atom. The van der Waals surface area contributed by atoms with Crippen molar-refractivity contribution in [2.45, 2.75) is 25.9 Å². The van der Waals surface area contributed by atoms with Crippen molar-refractivity contribution in [2.75, 3.05) is 0 Å². The number of hydrogen-bond donors (Lipinski definition) is 0. The van der Waals surface area contributed by atoms with Crippen LogP contribution >= 0.6 is 0 Å². The minimum atomic E-state index is -4.87. The second-order valence-electron chi connectivity index (χ2n) is 3.48. The Morgan fingerprint density at radius 1 is 1.07 bits per heavy atom. The quantitative estimate of drug-likeness (QED) is 0.630. The molecule has 0 unspecified atom stereocenters. The normalized spacial score (nSPS) is 12.3. The van der Waals surface area contributed by atoms with Crippen LogP contribution < -0.4 is 0 Å².